The van der Waals surface area contributed by atoms with E-state index in [0.717, 1.165) is 23.3 Å². The van der Waals surface area contributed by atoms with Crippen LogP contribution in [0.2, 0.25) is 0 Å². The minimum atomic E-state index is -3.31. The Morgan fingerprint density at radius 2 is 1.96 bits per heavy atom. The van der Waals surface area contributed by atoms with Crippen molar-refractivity contribution in [2.24, 2.45) is 0 Å². The van der Waals surface area contributed by atoms with Crippen molar-refractivity contribution in [3.8, 4) is 5.75 Å². The number of nitrogens with zero attached hydrogens (tertiary/aromatic N) is 1. The van der Waals surface area contributed by atoms with Crippen LogP contribution in [0, 0.1) is 6.92 Å². The minimum Gasteiger partial charge on any atom is -0.496 e. The van der Waals surface area contributed by atoms with Gasteiger partial charge < -0.3 is 10.1 Å². The maximum absolute atomic E-state index is 12.6. The van der Waals surface area contributed by atoms with Gasteiger partial charge in [0.2, 0.25) is 10.0 Å². The molecule has 6 nitrogen and oxygen atoms in total. The zero-order valence-corrected chi connectivity index (χ0v) is 17.1. The van der Waals surface area contributed by atoms with Gasteiger partial charge in [-0.1, -0.05) is 24.3 Å². The fraction of sp³-hybridized carbons (Fsp3) is 0.381. The molecule has 7 heteroatoms. The number of carbonyl (C=O) groups excluding carboxylic acids is 1. The van der Waals surface area contributed by atoms with Crippen LogP contribution in [0.1, 0.15) is 34.3 Å². The summed E-state index contributed by atoms with van der Waals surface area (Å²) in [7, 11) is -1.69. The Morgan fingerprint density at radius 1 is 1.18 bits per heavy atom. The van der Waals surface area contributed by atoms with Gasteiger partial charge in [-0.15, -0.1) is 0 Å². The summed E-state index contributed by atoms with van der Waals surface area (Å²) in [5, 5.41) is 2.91. The summed E-state index contributed by atoms with van der Waals surface area (Å²) in [6, 6.07) is 12.9. The largest absolute Gasteiger partial charge is 0.496 e. The number of amides is 1. The van der Waals surface area contributed by atoms with Crippen molar-refractivity contribution in [2.45, 2.75) is 26.2 Å². The van der Waals surface area contributed by atoms with Crippen molar-refractivity contribution in [1.29, 1.82) is 0 Å². The summed E-state index contributed by atoms with van der Waals surface area (Å²) in [6.07, 6.45) is 2.16. The number of sulfonamides is 1. The quantitative estimate of drug-likeness (QED) is 0.806. The predicted molar refractivity (Wildman–Crippen MR) is 111 cm³/mol. The maximum Gasteiger partial charge on any atom is 0.251 e. The molecule has 150 valence electrons. The molecule has 1 aliphatic rings. The molecule has 1 fully saturated rings. The van der Waals surface area contributed by atoms with E-state index in [4.69, 9.17) is 4.74 Å². The number of nitrogens with one attached hydrogen (secondary N) is 1. The average molecular weight is 403 g/mol. The predicted octanol–water partition coefficient (Wildman–Crippen LogP) is 2.91. The number of ether oxygens (including phenoxy) is 1. The van der Waals surface area contributed by atoms with Crippen molar-refractivity contribution in [2.75, 3.05) is 30.3 Å². The Labute approximate surface area is 166 Å². The molecule has 0 spiro atoms. The second-order valence-electron chi connectivity index (χ2n) is 6.91. The zero-order chi connectivity index (χ0) is 20.1. The Kier molecular flexibility index (Phi) is 6.24. The molecule has 0 aliphatic carbocycles. The standard InChI is InChI=1S/C21H26N2O4S/c1-16-9-10-18(15-19(16)23-13-5-6-14-28(23,25)26)21(24)22-12-11-17-7-3-4-8-20(17)27-2/h3-4,7-10,15H,5-6,11-14H2,1-2H3,(H,22,24). The second-order valence-corrected chi connectivity index (χ2v) is 8.93. The van der Waals surface area contributed by atoms with Crippen LogP contribution < -0.4 is 14.4 Å². The first-order valence-electron chi connectivity index (χ1n) is 9.43. The van der Waals surface area contributed by atoms with Gasteiger partial charge in [-0.3, -0.25) is 9.10 Å². The molecule has 0 atom stereocenters. The number of anilines is 1. The van der Waals surface area contributed by atoms with E-state index >= 15 is 0 Å². The average Bonchev–Trinajstić information content (AvgIpc) is 2.68. The van der Waals surface area contributed by atoms with Gasteiger partial charge >= 0.3 is 0 Å². The maximum atomic E-state index is 12.6. The Morgan fingerprint density at radius 3 is 2.71 bits per heavy atom. The van der Waals surface area contributed by atoms with Crippen LogP contribution in [0.15, 0.2) is 42.5 Å². The molecule has 1 aliphatic heterocycles. The van der Waals surface area contributed by atoms with E-state index in [2.05, 4.69) is 5.32 Å². The molecule has 1 N–H and O–H groups in total. The number of aryl methyl sites for hydroxylation is 1. The first kappa shape index (κ1) is 20.2. The van der Waals surface area contributed by atoms with E-state index in [-0.39, 0.29) is 11.7 Å². The molecule has 0 aromatic heterocycles. The Bertz CT molecular complexity index is 957. The number of para-hydroxylation sites is 1. The Hall–Kier alpha value is -2.54. The first-order valence-corrected chi connectivity index (χ1v) is 11.0. The number of carbonyl (C=O) groups is 1. The van der Waals surface area contributed by atoms with Crippen LogP contribution in [-0.4, -0.2) is 40.3 Å². The molecular weight excluding hydrogens is 376 g/mol. The van der Waals surface area contributed by atoms with Crippen molar-refractivity contribution >= 4 is 21.6 Å². The number of hydrogen-bond donors (Lipinski definition) is 1. The highest BCUT2D eigenvalue weighted by molar-refractivity contribution is 7.92. The van der Waals surface area contributed by atoms with E-state index in [1.54, 1.807) is 25.3 Å². The van der Waals surface area contributed by atoms with E-state index in [1.165, 1.54) is 4.31 Å². The van der Waals surface area contributed by atoms with Crippen LogP contribution in [0.5, 0.6) is 5.75 Å². The molecule has 28 heavy (non-hydrogen) atoms. The Balaban J connectivity index is 1.70. The summed E-state index contributed by atoms with van der Waals surface area (Å²) >= 11 is 0. The van der Waals surface area contributed by atoms with Crippen LogP contribution in [0.25, 0.3) is 0 Å². The minimum absolute atomic E-state index is 0.155. The topological polar surface area (TPSA) is 75.7 Å². The van der Waals surface area contributed by atoms with Crippen LogP contribution in [0.4, 0.5) is 5.69 Å². The third-order valence-electron chi connectivity index (χ3n) is 4.96. The molecule has 0 unspecified atom stereocenters. The molecule has 0 saturated carbocycles. The second kappa shape index (κ2) is 8.65. The van der Waals surface area contributed by atoms with Gasteiger partial charge in [-0.25, -0.2) is 8.42 Å². The highest BCUT2D eigenvalue weighted by Gasteiger charge is 2.27. The molecule has 3 rings (SSSR count). The SMILES string of the molecule is COc1ccccc1CCNC(=O)c1ccc(C)c(N2CCCCS2(=O)=O)c1. The summed E-state index contributed by atoms with van der Waals surface area (Å²) in [5.41, 5.74) is 2.92. The van der Waals surface area contributed by atoms with Crippen LogP contribution in [0.3, 0.4) is 0 Å². The van der Waals surface area contributed by atoms with Crippen molar-refractivity contribution in [1.82, 2.24) is 5.32 Å². The van der Waals surface area contributed by atoms with Crippen LogP contribution in [-0.2, 0) is 16.4 Å². The van der Waals surface area contributed by atoms with Crippen molar-refractivity contribution in [3.05, 3.63) is 59.2 Å². The normalized spacial score (nSPS) is 15.9. The molecule has 1 amide bonds. The summed E-state index contributed by atoms with van der Waals surface area (Å²) in [4.78, 5) is 12.6. The number of hydrogen-bond acceptors (Lipinski definition) is 4. The van der Waals surface area contributed by atoms with Gasteiger partial charge in [0.25, 0.3) is 5.91 Å². The summed E-state index contributed by atoms with van der Waals surface area (Å²) in [5.74, 6) is 0.733. The van der Waals surface area contributed by atoms with E-state index in [0.29, 0.717) is 37.2 Å². The molecule has 2 aromatic carbocycles. The highest BCUT2D eigenvalue weighted by Crippen LogP contribution is 2.28. The van der Waals surface area contributed by atoms with E-state index < -0.39 is 10.0 Å². The molecule has 2 aromatic rings. The van der Waals surface area contributed by atoms with Crippen molar-refractivity contribution < 1.29 is 17.9 Å². The molecule has 0 bridgehead atoms. The molecule has 1 saturated heterocycles. The van der Waals surface area contributed by atoms with E-state index in [1.807, 2.05) is 31.2 Å². The molecule has 1 heterocycles. The zero-order valence-electron chi connectivity index (χ0n) is 16.3. The van der Waals surface area contributed by atoms with Gasteiger partial charge in [0.1, 0.15) is 5.75 Å². The fourth-order valence-corrected chi connectivity index (χ4v) is 5.09. The van der Waals surface area contributed by atoms with Gasteiger partial charge in [0.05, 0.1) is 18.6 Å². The lowest BCUT2D eigenvalue weighted by atomic mass is 10.1. The van der Waals surface area contributed by atoms with Crippen LogP contribution >= 0.6 is 0 Å². The molecule has 0 radical (unpaired) electrons. The smallest absolute Gasteiger partial charge is 0.251 e. The number of benzene rings is 2. The lowest BCUT2D eigenvalue weighted by Gasteiger charge is -2.29. The monoisotopic (exact) mass is 402 g/mol. The van der Waals surface area contributed by atoms with E-state index in [9.17, 15) is 13.2 Å². The third-order valence-corrected chi connectivity index (χ3v) is 6.82. The van der Waals surface area contributed by atoms with Gasteiger partial charge in [0.15, 0.2) is 0 Å². The van der Waals surface area contributed by atoms with Gasteiger partial charge in [-0.2, -0.15) is 0 Å². The first-order chi connectivity index (χ1) is 13.4. The van der Waals surface area contributed by atoms with Gasteiger partial charge in [-0.05, 0) is 55.5 Å². The summed E-state index contributed by atoms with van der Waals surface area (Å²) < 4.78 is 31.6. The third kappa shape index (κ3) is 4.47. The van der Waals surface area contributed by atoms with Gasteiger partial charge in [0, 0.05) is 18.7 Å². The lowest BCUT2D eigenvalue weighted by Crippen LogP contribution is -2.38. The lowest BCUT2D eigenvalue weighted by molar-refractivity contribution is 0.0954. The molecular formula is C21H26N2O4S. The number of rotatable bonds is 6. The highest BCUT2D eigenvalue weighted by atomic mass is 32.2. The summed E-state index contributed by atoms with van der Waals surface area (Å²) in [6.45, 7) is 2.79. The number of methoxy groups -OCH3 is 1. The fourth-order valence-electron chi connectivity index (χ4n) is 3.40. The van der Waals surface area contributed by atoms with Crippen molar-refractivity contribution in [3.63, 3.8) is 0 Å².